The second kappa shape index (κ2) is 4.05. The standard InChI is InChI=1S/C13H11O3S/c1-15-17-8-4-7-11-13(17)12(14)9-5-2-3-6-10(9)16-11/h2-7H,8H2,1H3/q+1. The zero-order valence-corrected chi connectivity index (χ0v) is 10.1. The second-order valence-electron chi connectivity index (χ2n) is 3.70. The highest BCUT2D eigenvalue weighted by Gasteiger charge is 2.34. The van der Waals surface area contributed by atoms with Crippen molar-refractivity contribution in [2.45, 2.75) is 4.90 Å². The fourth-order valence-electron chi connectivity index (χ4n) is 1.94. The van der Waals surface area contributed by atoms with Crippen molar-refractivity contribution >= 4 is 28.2 Å². The normalized spacial score (nSPS) is 18.3. The van der Waals surface area contributed by atoms with Gasteiger partial charge >= 0.3 is 0 Å². The van der Waals surface area contributed by atoms with Crippen LogP contribution in [0.15, 0.2) is 44.4 Å². The first-order chi connectivity index (χ1) is 8.31. The summed E-state index contributed by atoms with van der Waals surface area (Å²) in [6, 6.07) is 7.30. The average molecular weight is 247 g/mol. The molecule has 0 radical (unpaired) electrons. The Balaban J connectivity index is 2.40. The Morgan fingerprint density at radius 3 is 3.00 bits per heavy atom. The number of hydrogen-bond acceptors (Lipinski definition) is 3. The van der Waals surface area contributed by atoms with Crippen LogP contribution in [0.1, 0.15) is 5.76 Å². The van der Waals surface area contributed by atoms with E-state index in [2.05, 4.69) is 0 Å². The van der Waals surface area contributed by atoms with Crippen LogP contribution in [0.5, 0.6) is 0 Å². The molecule has 1 aromatic carbocycles. The molecule has 2 aromatic rings. The topological polar surface area (TPSA) is 39.4 Å². The van der Waals surface area contributed by atoms with Crippen molar-refractivity contribution < 1.29 is 8.60 Å². The predicted molar refractivity (Wildman–Crippen MR) is 69.0 cm³/mol. The zero-order chi connectivity index (χ0) is 11.8. The maximum absolute atomic E-state index is 12.4. The van der Waals surface area contributed by atoms with Gasteiger partial charge in [0.1, 0.15) is 5.58 Å². The molecule has 0 N–H and O–H groups in total. The number of hydrogen-bond donors (Lipinski definition) is 0. The summed E-state index contributed by atoms with van der Waals surface area (Å²) in [5.74, 6) is 1.37. The van der Waals surface area contributed by atoms with E-state index in [-0.39, 0.29) is 5.43 Å². The van der Waals surface area contributed by atoms with E-state index in [1.807, 2.05) is 30.4 Å². The van der Waals surface area contributed by atoms with Crippen molar-refractivity contribution in [3.63, 3.8) is 0 Å². The molecule has 0 saturated heterocycles. The van der Waals surface area contributed by atoms with Crippen LogP contribution in [0.25, 0.3) is 17.0 Å². The average Bonchev–Trinajstić information content (AvgIpc) is 2.38. The summed E-state index contributed by atoms with van der Waals surface area (Å²) in [4.78, 5) is 13.0. The fraction of sp³-hybridized carbons (Fsp3) is 0.154. The van der Waals surface area contributed by atoms with Crippen LogP contribution in [0, 0.1) is 0 Å². The lowest BCUT2D eigenvalue weighted by Gasteiger charge is -2.08. The molecular formula is C13H11O3S+. The highest BCUT2D eigenvalue weighted by Crippen LogP contribution is 2.26. The first-order valence-electron chi connectivity index (χ1n) is 5.29. The SMILES string of the molecule is CO[S+]1CC=Cc2oc3ccccc3c(=O)c21. The minimum absolute atomic E-state index is 0.0244. The number of para-hydroxylation sites is 1. The molecule has 86 valence electrons. The van der Waals surface area contributed by atoms with Crippen molar-refractivity contribution in [3.8, 4) is 0 Å². The Bertz CT molecular complexity index is 657. The summed E-state index contributed by atoms with van der Waals surface area (Å²) >= 11 is -0.487. The van der Waals surface area contributed by atoms with E-state index >= 15 is 0 Å². The number of benzene rings is 1. The van der Waals surface area contributed by atoms with Crippen LogP contribution >= 0.6 is 0 Å². The lowest BCUT2D eigenvalue weighted by atomic mass is 10.2. The monoisotopic (exact) mass is 247 g/mol. The lowest BCUT2D eigenvalue weighted by molar-refractivity contribution is 0.468. The van der Waals surface area contributed by atoms with Crippen molar-refractivity contribution in [1.82, 2.24) is 0 Å². The second-order valence-corrected chi connectivity index (χ2v) is 5.47. The largest absolute Gasteiger partial charge is 0.451 e. The third-order valence-corrected chi connectivity index (χ3v) is 4.47. The maximum Gasteiger partial charge on any atom is 0.280 e. The van der Waals surface area contributed by atoms with Gasteiger partial charge in [-0.25, -0.2) is 0 Å². The molecule has 1 atom stereocenters. The third kappa shape index (κ3) is 1.61. The number of fused-ring (bicyclic) bond motifs is 2. The minimum Gasteiger partial charge on any atom is -0.451 e. The third-order valence-electron chi connectivity index (χ3n) is 2.73. The van der Waals surface area contributed by atoms with Gasteiger partial charge in [-0.2, -0.15) is 4.18 Å². The molecule has 0 spiro atoms. The summed E-state index contributed by atoms with van der Waals surface area (Å²) in [5, 5.41) is 0.621. The summed E-state index contributed by atoms with van der Waals surface area (Å²) in [5.41, 5.74) is 0.652. The molecule has 0 aliphatic carbocycles. The molecular weight excluding hydrogens is 236 g/mol. The van der Waals surface area contributed by atoms with Gasteiger partial charge < -0.3 is 4.42 Å². The molecule has 1 aromatic heterocycles. The Kier molecular flexibility index (Phi) is 2.53. The number of rotatable bonds is 1. The van der Waals surface area contributed by atoms with E-state index in [1.165, 1.54) is 0 Å². The van der Waals surface area contributed by atoms with Gasteiger partial charge in [0, 0.05) is 0 Å². The van der Waals surface area contributed by atoms with Crippen molar-refractivity contribution in [3.05, 3.63) is 46.3 Å². The summed E-state index contributed by atoms with van der Waals surface area (Å²) in [7, 11) is 1.63. The molecule has 17 heavy (non-hydrogen) atoms. The Morgan fingerprint density at radius 1 is 1.35 bits per heavy atom. The van der Waals surface area contributed by atoms with Gasteiger partial charge in [0.05, 0.1) is 12.5 Å². The molecule has 3 rings (SSSR count). The van der Waals surface area contributed by atoms with Gasteiger partial charge in [-0.15, -0.1) is 0 Å². The highest BCUT2D eigenvalue weighted by atomic mass is 32.2. The molecule has 4 heteroatoms. The molecule has 2 heterocycles. The van der Waals surface area contributed by atoms with Crippen LogP contribution in [0.3, 0.4) is 0 Å². The summed E-state index contributed by atoms with van der Waals surface area (Å²) in [6.45, 7) is 0. The van der Waals surface area contributed by atoms with Crippen LogP contribution in [-0.2, 0) is 15.4 Å². The Labute approximate surface area is 101 Å². The van der Waals surface area contributed by atoms with Crippen LogP contribution in [0.4, 0.5) is 0 Å². The highest BCUT2D eigenvalue weighted by molar-refractivity contribution is 7.92. The Morgan fingerprint density at radius 2 is 2.18 bits per heavy atom. The van der Waals surface area contributed by atoms with Crippen molar-refractivity contribution in [1.29, 1.82) is 0 Å². The van der Waals surface area contributed by atoms with E-state index < -0.39 is 11.2 Å². The van der Waals surface area contributed by atoms with Gasteiger partial charge in [0.25, 0.3) is 10.3 Å². The smallest absolute Gasteiger partial charge is 0.280 e. The quantitative estimate of drug-likeness (QED) is 0.726. The fourth-order valence-corrected chi connectivity index (χ4v) is 3.34. The summed E-state index contributed by atoms with van der Waals surface area (Å²) < 4.78 is 11.1. The van der Waals surface area contributed by atoms with E-state index in [9.17, 15) is 4.79 Å². The van der Waals surface area contributed by atoms with Gasteiger partial charge in [-0.05, 0) is 24.3 Å². The van der Waals surface area contributed by atoms with Crippen molar-refractivity contribution in [2.75, 3.05) is 12.9 Å². The van der Waals surface area contributed by atoms with Crippen LogP contribution < -0.4 is 5.43 Å². The lowest BCUT2D eigenvalue weighted by Crippen LogP contribution is -2.22. The predicted octanol–water partition coefficient (Wildman–Crippen LogP) is 2.36. The summed E-state index contributed by atoms with van der Waals surface area (Å²) in [6.07, 6.45) is 3.83. The van der Waals surface area contributed by atoms with Gasteiger partial charge in [0.2, 0.25) is 0 Å². The molecule has 1 aliphatic rings. The van der Waals surface area contributed by atoms with E-state index in [1.54, 1.807) is 13.2 Å². The zero-order valence-electron chi connectivity index (χ0n) is 9.30. The molecule has 0 bridgehead atoms. The molecule has 0 saturated carbocycles. The van der Waals surface area contributed by atoms with Gasteiger partial charge in [-0.1, -0.05) is 12.1 Å². The van der Waals surface area contributed by atoms with E-state index in [4.69, 9.17) is 8.60 Å². The minimum atomic E-state index is -0.487. The van der Waals surface area contributed by atoms with Crippen LogP contribution in [-0.4, -0.2) is 12.9 Å². The Hall–Kier alpha value is -1.52. The first kappa shape index (κ1) is 10.6. The first-order valence-corrected chi connectivity index (χ1v) is 6.61. The van der Waals surface area contributed by atoms with Gasteiger partial charge in [0.15, 0.2) is 22.7 Å². The van der Waals surface area contributed by atoms with E-state index in [0.29, 0.717) is 21.6 Å². The maximum atomic E-state index is 12.4. The van der Waals surface area contributed by atoms with E-state index in [0.717, 1.165) is 5.75 Å². The molecule has 0 amide bonds. The molecule has 1 unspecified atom stereocenters. The van der Waals surface area contributed by atoms with Crippen molar-refractivity contribution in [2.24, 2.45) is 0 Å². The molecule has 1 aliphatic heterocycles. The molecule has 3 nitrogen and oxygen atoms in total. The molecule has 0 fully saturated rings. The van der Waals surface area contributed by atoms with Crippen LogP contribution in [0.2, 0.25) is 0 Å². The van der Waals surface area contributed by atoms with Gasteiger partial charge in [-0.3, -0.25) is 4.79 Å².